The summed E-state index contributed by atoms with van der Waals surface area (Å²) in [4.78, 5) is 23.4. The number of esters is 1. The van der Waals surface area contributed by atoms with Crippen LogP contribution in [0.15, 0.2) is 33.6 Å². The normalized spacial score (nSPS) is 10.5. The molecule has 0 saturated carbocycles. The first-order valence-corrected chi connectivity index (χ1v) is 6.50. The van der Waals surface area contributed by atoms with Gasteiger partial charge in [0, 0.05) is 5.56 Å². The van der Waals surface area contributed by atoms with Gasteiger partial charge in [-0.05, 0) is 37.3 Å². The van der Waals surface area contributed by atoms with Crippen LogP contribution in [0.1, 0.15) is 24.3 Å². The maximum absolute atomic E-state index is 12.0. The first kappa shape index (κ1) is 15.6. The third-order valence-corrected chi connectivity index (χ3v) is 2.78. The van der Waals surface area contributed by atoms with E-state index >= 15 is 0 Å². The van der Waals surface area contributed by atoms with Gasteiger partial charge in [-0.2, -0.15) is 0 Å². The molecule has 0 saturated heterocycles. The molecule has 7 heteroatoms. The molecule has 0 fully saturated rings. The fourth-order valence-corrected chi connectivity index (χ4v) is 1.82. The van der Waals surface area contributed by atoms with Crippen molar-refractivity contribution in [2.75, 3.05) is 7.11 Å². The molecule has 2 aromatic rings. The van der Waals surface area contributed by atoms with Crippen molar-refractivity contribution in [2.24, 2.45) is 0 Å². The number of rotatable bonds is 4. The maximum atomic E-state index is 12.0. The van der Waals surface area contributed by atoms with E-state index in [0.717, 1.165) is 0 Å². The van der Waals surface area contributed by atoms with Crippen LogP contribution in [0.25, 0.3) is 11.1 Å². The Morgan fingerprint density at radius 1 is 1.27 bits per heavy atom. The SMILES string of the molecule is COc1ccc(-c2c(C(=O)OC(C)C)noc(=O)c2[O-])cc1. The van der Waals surface area contributed by atoms with Crippen molar-refractivity contribution in [3.05, 3.63) is 40.4 Å². The van der Waals surface area contributed by atoms with Crippen molar-refractivity contribution in [1.82, 2.24) is 5.16 Å². The summed E-state index contributed by atoms with van der Waals surface area (Å²) >= 11 is 0. The third kappa shape index (κ3) is 3.08. The predicted molar refractivity (Wildman–Crippen MR) is 74.8 cm³/mol. The van der Waals surface area contributed by atoms with Crippen molar-refractivity contribution in [3.8, 4) is 22.6 Å². The van der Waals surface area contributed by atoms with E-state index < -0.39 is 23.4 Å². The lowest BCUT2D eigenvalue weighted by molar-refractivity contribution is -0.271. The van der Waals surface area contributed by atoms with E-state index in [0.29, 0.717) is 11.3 Å². The van der Waals surface area contributed by atoms with Crippen LogP contribution in [-0.2, 0) is 4.74 Å². The molecule has 22 heavy (non-hydrogen) atoms. The zero-order chi connectivity index (χ0) is 16.3. The molecule has 0 atom stereocenters. The molecule has 7 nitrogen and oxygen atoms in total. The summed E-state index contributed by atoms with van der Waals surface area (Å²) < 4.78 is 14.4. The lowest BCUT2D eigenvalue weighted by atomic mass is 10.0. The van der Waals surface area contributed by atoms with Crippen LogP contribution in [-0.4, -0.2) is 24.3 Å². The van der Waals surface area contributed by atoms with Gasteiger partial charge in [0.25, 0.3) is 0 Å². The third-order valence-electron chi connectivity index (χ3n) is 2.78. The predicted octanol–water partition coefficient (Wildman–Crippen LogP) is 1.35. The van der Waals surface area contributed by atoms with Crippen molar-refractivity contribution in [3.63, 3.8) is 0 Å². The summed E-state index contributed by atoms with van der Waals surface area (Å²) in [6, 6.07) is 6.29. The van der Waals surface area contributed by atoms with Gasteiger partial charge in [0.15, 0.2) is 5.69 Å². The van der Waals surface area contributed by atoms with Crippen molar-refractivity contribution < 1.29 is 23.9 Å². The summed E-state index contributed by atoms with van der Waals surface area (Å²) in [5, 5.41) is 15.5. The van der Waals surface area contributed by atoms with Gasteiger partial charge in [-0.1, -0.05) is 17.3 Å². The van der Waals surface area contributed by atoms with Crippen molar-refractivity contribution >= 4 is 5.97 Å². The number of hydrogen-bond donors (Lipinski definition) is 0. The zero-order valence-electron chi connectivity index (χ0n) is 12.3. The number of carbonyl (C=O) groups excluding carboxylic acids is 1. The highest BCUT2D eigenvalue weighted by molar-refractivity contribution is 5.96. The van der Waals surface area contributed by atoms with E-state index in [1.807, 2.05) is 0 Å². The molecular weight excluding hydrogens is 290 g/mol. The minimum Gasteiger partial charge on any atom is -0.867 e. The summed E-state index contributed by atoms with van der Waals surface area (Å²) in [5.41, 5.74) is -1.28. The van der Waals surface area contributed by atoms with Crippen LogP contribution >= 0.6 is 0 Å². The fraction of sp³-hybridized carbons (Fsp3) is 0.267. The average molecular weight is 304 g/mol. The van der Waals surface area contributed by atoms with Gasteiger partial charge in [-0.15, -0.1) is 0 Å². The van der Waals surface area contributed by atoms with Gasteiger partial charge < -0.3 is 19.1 Å². The molecule has 0 aliphatic carbocycles. The molecule has 0 aliphatic heterocycles. The van der Waals surface area contributed by atoms with Crippen LogP contribution in [0.5, 0.6) is 11.5 Å². The number of methoxy groups -OCH3 is 1. The Morgan fingerprint density at radius 3 is 2.45 bits per heavy atom. The van der Waals surface area contributed by atoms with E-state index in [2.05, 4.69) is 9.68 Å². The summed E-state index contributed by atoms with van der Waals surface area (Å²) in [6.07, 6.45) is -0.403. The monoisotopic (exact) mass is 304 g/mol. The molecule has 0 aliphatic rings. The van der Waals surface area contributed by atoms with Crippen LogP contribution in [0, 0.1) is 0 Å². The number of ether oxygens (including phenoxy) is 2. The Balaban J connectivity index is 2.58. The molecule has 0 bridgehead atoms. The fourth-order valence-electron chi connectivity index (χ4n) is 1.82. The smallest absolute Gasteiger partial charge is 0.361 e. The number of hydrogen-bond acceptors (Lipinski definition) is 7. The zero-order valence-corrected chi connectivity index (χ0v) is 12.3. The highest BCUT2D eigenvalue weighted by Gasteiger charge is 2.21. The number of carbonyl (C=O) groups is 1. The topological polar surface area (TPSA) is 102 Å². The van der Waals surface area contributed by atoms with E-state index in [1.165, 1.54) is 7.11 Å². The van der Waals surface area contributed by atoms with Gasteiger partial charge in [0.1, 0.15) is 5.75 Å². The molecular formula is C15H14NO6-. The van der Waals surface area contributed by atoms with Gasteiger partial charge in [0.05, 0.1) is 13.2 Å². The molecule has 0 unspecified atom stereocenters. The van der Waals surface area contributed by atoms with Crippen LogP contribution in [0.4, 0.5) is 0 Å². The summed E-state index contributed by atoms with van der Waals surface area (Å²) in [5.74, 6) is -1.21. The highest BCUT2D eigenvalue weighted by atomic mass is 16.5. The molecule has 1 aromatic heterocycles. The molecule has 1 aromatic carbocycles. The molecule has 0 spiro atoms. The first-order valence-electron chi connectivity index (χ1n) is 6.50. The van der Waals surface area contributed by atoms with E-state index in [1.54, 1.807) is 38.1 Å². The van der Waals surface area contributed by atoms with Gasteiger partial charge in [-0.25, -0.2) is 9.59 Å². The van der Waals surface area contributed by atoms with E-state index in [4.69, 9.17) is 9.47 Å². The Morgan fingerprint density at radius 2 is 1.91 bits per heavy atom. The summed E-state index contributed by atoms with van der Waals surface area (Å²) in [7, 11) is 1.50. The molecule has 0 N–H and O–H groups in total. The largest absolute Gasteiger partial charge is 0.867 e. The lowest BCUT2D eigenvalue weighted by Gasteiger charge is -2.15. The quantitative estimate of drug-likeness (QED) is 0.785. The average Bonchev–Trinajstić information content (AvgIpc) is 2.49. The first-order chi connectivity index (χ1) is 10.4. The maximum Gasteiger partial charge on any atom is 0.361 e. The molecule has 0 radical (unpaired) electrons. The van der Waals surface area contributed by atoms with Crippen molar-refractivity contribution in [1.29, 1.82) is 0 Å². The van der Waals surface area contributed by atoms with E-state index in [9.17, 15) is 14.7 Å². The molecule has 2 rings (SSSR count). The van der Waals surface area contributed by atoms with Crippen LogP contribution < -0.4 is 15.5 Å². The number of benzene rings is 1. The van der Waals surface area contributed by atoms with Crippen LogP contribution in [0.3, 0.4) is 0 Å². The van der Waals surface area contributed by atoms with E-state index in [-0.39, 0.29) is 11.3 Å². The minimum atomic E-state index is -1.15. The van der Waals surface area contributed by atoms with Gasteiger partial charge in [-0.3, -0.25) is 0 Å². The lowest BCUT2D eigenvalue weighted by Crippen LogP contribution is -2.19. The second-order valence-electron chi connectivity index (χ2n) is 4.71. The second kappa shape index (κ2) is 6.30. The second-order valence-corrected chi connectivity index (χ2v) is 4.71. The van der Waals surface area contributed by atoms with Gasteiger partial charge >= 0.3 is 11.6 Å². The Labute approximate surface area is 126 Å². The minimum absolute atomic E-state index is 0.149. The summed E-state index contributed by atoms with van der Waals surface area (Å²) in [6.45, 7) is 3.31. The Kier molecular flexibility index (Phi) is 4.45. The van der Waals surface area contributed by atoms with Crippen LogP contribution in [0.2, 0.25) is 0 Å². The molecule has 1 heterocycles. The molecule has 0 amide bonds. The van der Waals surface area contributed by atoms with Crippen molar-refractivity contribution in [2.45, 2.75) is 20.0 Å². The Hall–Kier alpha value is -2.83. The number of nitrogens with zero attached hydrogens (tertiary/aromatic N) is 1. The highest BCUT2D eigenvalue weighted by Crippen LogP contribution is 2.29. The molecule has 116 valence electrons. The van der Waals surface area contributed by atoms with Gasteiger partial charge in [0.2, 0.25) is 0 Å². The standard InChI is InChI=1S/C15H15NO6/c1-8(2)21-14(18)12-11(13(17)15(19)22-16-12)9-4-6-10(20-3)7-5-9/h4-8,17H,1-3H3/p-1. The Bertz CT molecular complexity index is 733. The number of aromatic nitrogens is 1.